The van der Waals surface area contributed by atoms with Gasteiger partial charge in [0.15, 0.2) is 0 Å². The molecular formula is C17H11Cl. The third kappa shape index (κ3) is 2.25. The highest BCUT2D eigenvalue weighted by atomic mass is 35.5. The molecule has 0 N–H and O–H groups in total. The minimum Gasteiger partial charge on any atom is -0.0843 e. The first-order chi connectivity index (χ1) is 8.83. The normalized spacial score (nSPS) is 10.7. The van der Waals surface area contributed by atoms with Gasteiger partial charge in [-0.1, -0.05) is 66.2 Å². The highest BCUT2D eigenvalue weighted by Gasteiger charge is 2.03. The largest absolute Gasteiger partial charge is 0.0843 e. The van der Waals surface area contributed by atoms with Gasteiger partial charge in [0.2, 0.25) is 0 Å². The van der Waals surface area contributed by atoms with E-state index in [0.717, 1.165) is 16.1 Å². The van der Waals surface area contributed by atoms with Crippen molar-refractivity contribution in [2.45, 2.75) is 0 Å². The highest BCUT2D eigenvalue weighted by molar-refractivity contribution is 6.30. The van der Waals surface area contributed by atoms with Crippen molar-refractivity contribution >= 4 is 22.4 Å². The van der Waals surface area contributed by atoms with Crippen LogP contribution in [-0.2, 0) is 0 Å². The maximum atomic E-state index is 5.99. The van der Waals surface area contributed by atoms with Gasteiger partial charge in [-0.2, -0.15) is 0 Å². The quantitative estimate of drug-likeness (QED) is 0.602. The summed E-state index contributed by atoms with van der Waals surface area (Å²) in [6, 6.07) is 22.3. The van der Waals surface area contributed by atoms with E-state index >= 15 is 0 Å². The van der Waals surface area contributed by atoms with Gasteiger partial charge in [-0.25, -0.2) is 0 Å². The molecule has 0 atom stereocenters. The summed E-state index contributed by atoms with van der Waals surface area (Å²) in [5.74, 6) is 0. The Balaban J connectivity index is 2.05. The molecule has 0 bridgehead atoms. The standard InChI is InChI=1S/C17H11Cl/c18-16-9-3-5-13(12-16)11-15-8-4-7-14-6-1-2-10-17(14)15/h1-10,12H. The predicted octanol–water partition coefficient (Wildman–Crippen LogP) is 4.97. The van der Waals surface area contributed by atoms with E-state index in [1.165, 1.54) is 10.8 Å². The summed E-state index contributed by atoms with van der Waals surface area (Å²) in [5.41, 5.74) is 2.09. The van der Waals surface area contributed by atoms with Crippen molar-refractivity contribution in [2.24, 2.45) is 0 Å². The van der Waals surface area contributed by atoms with Gasteiger partial charge in [0.1, 0.15) is 0 Å². The zero-order valence-corrected chi connectivity index (χ0v) is 10.5. The van der Waals surface area contributed by atoms with Crippen molar-refractivity contribution in [3.05, 3.63) is 89.3 Å². The Bertz CT molecular complexity index is 681. The van der Waals surface area contributed by atoms with Crippen molar-refractivity contribution in [2.75, 3.05) is 0 Å². The monoisotopic (exact) mass is 250 g/mol. The van der Waals surface area contributed by atoms with Crippen LogP contribution in [0, 0.1) is 6.42 Å². The lowest BCUT2D eigenvalue weighted by molar-refractivity contribution is 1.46. The summed E-state index contributed by atoms with van der Waals surface area (Å²) in [6.45, 7) is 0. The second-order valence-corrected chi connectivity index (χ2v) is 4.60. The Morgan fingerprint density at radius 1 is 0.778 bits per heavy atom. The van der Waals surface area contributed by atoms with Gasteiger partial charge in [-0.05, 0) is 34.0 Å². The fourth-order valence-corrected chi connectivity index (χ4v) is 2.25. The van der Waals surface area contributed by atoms with Crippen LogP contribution in [-0.4, -0.2) is 0 Å². The lowest BCUT2D eigenvalue weighted by Gasteiger charge is -2.06. The molecule has 0 aliphatic carbocycles. The number of rotatable bonds is 2. The second kappa shape index (κ2) is 4.83. The molecule has 3 aromatic carbocycles. The van der Waals surface area contributed by atoms with E-state index in [1.807, 2.05) is 36.4 Å². The van der Waals surface area contributed by atoms with E-state index in [-0.39, 0.29) is 0 Å². The predicted molar refractivity (Wildman–Crippen MR) is 76.8 cm³/mol. The average Bonchev–Trinajstić information content (AvgIpc) is 2.39. The van der Waals surface area contributed by atoms with E-state index in [2.05, 4.69) is 36.8 Å². The summed E-state index contributed by atoms with van der Waals surface area (Å²) in [6.07, 6.45) is 3.40. The molecule has 86 valence electrons. The summed E-state index contributed by atoms with van der Waals surface area (Å²) in [4.78, 5) is 0. The van der Waals surface area contributed by atoms with Crippen LogP contribution < -0.4 is 0 Å². The lowest BCUT2D eigenvalue weighted by atomic mass is 9.99. The molecule has 0 saturated carbocycles. The van der Waals surface area contributed by atoms with E-state index in [0.29, 0.717) is 0 Å². The van der Waals surface area contributed by atoms with Crippen LogP contribution in [0.1, 0.15) is 11.1 Å². The molecule has 0 amide bonds. The minimum atomic E-state index is 0.736. The van der Waals surface area contributed by atoms with E-state index < -0.39 is 0 Å². The van der Waals surface area contributed by atoms with Gasteiger partial charge in [-0.15, -0.1) is 0 Å². The Morgan fingerprint density at radius 2 is 1.56 bits per heavy atom. The summed E-state index contributed by atoms with van der Waals surface area (Å²) in [5, 5.41) is 3.17. The lowest BCUT2D eigenvalue weighted by Crippen LogP contribution is -1.87. The molecule has 18 heavy (non-hydrogen) atoms. The zero-order valence-electron chi connectivity index (χ0n) is 9.73. The molecule has 0 aliphatic rings. The number of benzene rings is 3. The summed E-state index contributed by atoms with van der Waals surface area (Å²) < 4.78 is 0. The van der Waals surface area contributed by atoms with Crippen LogP contribution in [0.2, 0.25) is 5.02 Å². The maximum Gasteiger partial charge on any atom is 0.0508 e. The number of halogens is 1. The highest BCUT2D eigenvalue weighted by Crippen LogP contribution is 2.23. The topological polar surface area (TPSA) is 0 Å². The van der Waals surface area contributed by atoms with Gasteiger partial charge >= 0.3 is 0 Å². The Hall–Kier alpha value is -1.79. The van der Waals surface area contributed by atoms with Crippen LogP contribution >= 0.6 is 11.6 Å². The Morgan fingerprint density at radius 3 is 2.44 bits per heavy atom. The summed E-state index contributed by atoms with van der Waals surface area (Å²) >= 11 is 5.99. The molecule has 0 heterocycles. The summed E-state index contributed by atoms with van der Waals surface area (Å²) in [7, 11) is 0. The minimum absolute atomic E-state index is 0.736. The van der Waals surface area contributed by atoms with Crippen molar-refractivity contribution in [1.82, 2.24) is 0 Å². The first kappa shape index (κ1) is 11.3. The second-order valence-electron chi connectivity index (χ2n) is 4.16. The fourth-order valence-electron chi connectivity index (χ4n) is 2.06. The molecule has 1 heteroatoms. The van der Waals surface area contributed by atoms with E-state index in [1.54, 1.807) is 0 Å². The third-order valence-electron chi connectivity index (χ3n) is 2.89. The van der Waals surface area contributed by atoms with E-state index in [4.69, 9.17) is 11.6 Å². The smallest absolute Gasteiger partial charge is 0.0508 e. The van der Waals surface area contributed by atoms with Gasteiger partial charge < -0.3 is 0 Å². The molecule has 0 fully saturated rings. The van der Waals surface area contributed by atoms with Crippen molar-refractivity contribution in [3.8, 4) is 0 Å². The van der Waals surface area contributed by atoms with Crippen molar-refractivity contribution in [3.63, 3.8) is 0 Å². The van der Waals surface area contributed by atoms with Crippen molar-refractivity contribution < 1.29 is 0 Å². The molecule has 0 unspecified atom stereocenters. The van der Waals surface area contributed by atoms with Crippen LogP contribution in [0.5, 0.6) is 0 Å². The maximum absolute atomic E-state index is 5.99. The number of fused-ring (bicyclic) bond motifs is 1. The fraction of sp³-hybridized carbons (Fsp3) is 0. The zero-order chi connectivity index (χ0) is 12.4. The van der Waals surface area contributed by atoms with Crippen LogP contribution in [0.25, 0.3) is 10.8 Å². The first-order valence-corrected chi connectivity index (χ1v) is 6.21. The molecule has 0 nitrogen and oxygen atoms in total. The van der Waals surface area contributed by atoms with E-state index in [9.17, 15) is 0 Å². The Kier molecular flexibility index (Phi) is 3.04. The molecule has 0 spiro atoms. The van der Waals surface area contributed by atoms with Crippen LogP contribution in [0.4, 0.5) is 0 Å². The molecule has 3 rings (SSSR count). The third-order valence-corrected chi connectivity index (χ3v) is 3.13. The Labute approximate surface area is 112 Å². The number of hydrogen-bond acceptors (Lipinski definition) is 0. The van der Waals surface area contributed by atoms with Gasteiger partial charge in [-0.3, -0.25) is 0 Å². The average molecular weight is 251 g/mol. The first-order valence-electron chi connectivity index (χ1n) is 5.83. The van der Waals surface area contributed by atoms with Gasteiger partial charge in [0.05, 0.1) is 6.42 Å². The SMILES string of the molecule is Clc1cccc([C]c2cccc3ccccc23)c1. The molecule has 0 aliphatic heterocycles. The van der Waals surface area contributed by atoms with Gasteiger partial charge in [0, 0.05) is 5.02 Å². The molecule has 0 aromatic heterocycles. The van der Waals surface area contributed by atoms with Crippen LogP contribution in [0.3, 0.4) is 0 Å². The van der Waals surface area contributed by atoms with Crippen LogP contribution in [0.15, 0.2) is 66.7 Å². The number of hydrogen-bond donors (Lipinski definition) is 0. The molecular weight excluding hydrogens is 240 g/mol. The van der Waals surface area contributed by atoms with Gasteiger partial charge in [0.25, 0.3) is 0 Å². The molecule has 0 saturated heterocycles. The van der Waals surface area contributed by atoms with Crippen molar-refractivity contribution in [1.29, 1.82) is 0 Å². The molecule has 2 radical (unpaired) electrons. The molecule has 3 aromatic rings.